The quantitative estimate of drug-likeness (QED) is 0.849. The van der Waals surface area contributed by atoms with Gasteiger partial charge >= 0.3 is 0 Å². The van der Waals surface area contributed by atoms with Crippen molar-refractivity contribution in [1.82, 2.24) is 5.32 Å². The molecule has 1 aromatic rings. The molecule has 6 heteroatoms. The number of amides is 1. The number of rotatable bonds is 6. The van der Waals surface area contributed by atoms with Gasteiger partial charge in [0.1, 0.15) is 0 Å². The van der Waals surface area contributed by atoms with Crippen LogP contribution in [0.3, 0.4) is 0 Å². The molecule has 0 aliphatic rings. The number of ether oxygens (including phenoxy) is 1. The molecule has 1 amide bonds. The molecular formula is C13H17Cl2NO3. The first-order chi connectivity index (χ1) is 8.99. The van der Waals surface area contributed by atoms with Crippen LogP contribution in [0.15, 0.2) is 12.1 Å². The number of carbonyl (C=O) groups is 1. The first kappa shape index (κ1) is 16.1. The smallest absolute Gasteiger partial charge is 0.251 e. The largest absolute Gasteiger partial charge is 0.494 e. The van der Waals surface area contributed by atoms with E-state index in [-0.39, 0.29) is 22.5 Å². The Morgan fingerprint density at radius 3 is 2.47 bits per heavy atom. The maximum Gasteiger partial charge on any atom is 0.251 e. The van der Waals surface area contributed by atoms with E-state index in [9.17, 15) is 9.90 Å². The van der Waals surface area contributed by atoms with Crippen molar-refractivity contribution in [3.8, 4) is 5.75 Å². The van der Waals surface area contributed by atoms with Gasteiger partial charge in [-0.05, 0) is 18.6 Å². The number of methoxy groups -OCH3 is 1. The summed E-state index contributed by atoms with van der Waals surface area (Å²) in [6.07, 6.45) is 0.958. The van der Waals surface area contributed by atoms with Crippen LogP contribution in [0, 0.1) is 0 Å². The second kappa shape index (κ2) is 7.58. The van der Waals surface area contributed by atoms with Gasteiger partial charge in [0.15, 0.2) is 5.75 Å². The normalized spacial score (nSPS) is 12.1. The monoisotopic (exact) mass is 305 g/mol. The van der Waals surface area contributed by atoms with Gasteiger partial charge in [0.25, 0.3) is 5.91 Å². The lowest BCUT2D eigenvalue weighted by atomic mass is 10.2. The van der Waals surface area contributed by atoms with Gasteiger partial charge in [0, 0.05) is 12.1 Å². The molecule has 1 atom stereocenters. The molecule has 19 heavy (non-hydrogen) atoms. The van der Waals surface area contributed by atoms with Crippen LogP contribution in [0.5, 0.6) is 5.75 Å². The highest BCUT2D eigenvalue weighted by atomic mass is 35.5. The van der Waals surface area contributed by atoms with E-state index in [1.165, 1.54) is 19.2 Å². The maximum absolute atomic E-state index is 11.9. The first-order valence-electron chi connectivity index (χ1n) is 5.98. The van der Waals surface area contributed by atoms with Gasteiger partial charge in [0.2, 0.25) is 0 Å². The number of carbonyl (C=O) groups excluding carboxylic acids is 1. The minimum atomic E-state index is -0.543. The zero-order valence-corrected chi connectivity index (χ0v) is 12.4. The van der Waals surface area contributed by atoms with Gasteiger partial charge in [-0.2, -0.15) is 0 Å². The van der Waals surface area contributed by atoms with Gasteiger partial charge in [-0.3, -0.25) is 4.79 Å². The van der Waals surface area contributed by atoms with Crippen LogP contribution >= 0.6 is 23.2 Å². The lowest BCUT2D eigenvalue weighted by molar-refractivity contribution is 0.0910. The Morgan fingerprint density at radius 2 is 2.00 bits per heavy atom. The summed E-state index contributed by atoms with van der Waals surface area (Å²) in [4.78, 5) is 11.9. The van der Waals surface area contributed by atoms with Crippen LogP contribution in [0.4, 0.5) is 0 Å². The Kier molecular flexibility index (Phi) is 6.42. The maximum atomic E-state index is 11.9. The molecule has 1 aromatic carbocycles. The number of aliphatic hydroxyl groups excluding tert-OH is 1. The molecule has 0 bridgehead atoms. The Morgan fingerprint density at radius 1 is 1.42 bits per heavy atom. The molecule has 0 saturated carbocycles. The van der Waals surface area contributed by atoms with E-state index < -0.39 is 6.10 Å². The average molecular weight is 306 g/mol. The third kappa shape index (κ3) is 4.56. The second-order valence-corrected chi connectivity index (χ2v) is 4.94. The molecule has 1 rings (SSSR count). The van der Waals surface area contributed by atoms with Crippen molar-refractivity contribution in [2.24, 2.45) is 0 Å². The first-order valence-corrected chi connectivity index (χ1v) is 6.74. The summed E-state index contributed by atoms with van der Waals surface area (Å²) < 4.78 is 5.01. The van der Waals surface area contributed by atoms with E-state index in [2.05, 4.69) is 5.32 Å². The Balaban J connectivity index is 2.73. The number of halogens is 2. The second-order valence-electron chi connectivity index (χ2n) is 4.13. The Bertz CT molecular complexity index is 429. The molecular weight excluding hydrogens is 289 g/mol. The lowest BCUT2D eigenvalue weighted by Crippen LogP contribution is -2.32. The fourth-order valence-corrected chi connectivity index (χ4v) is 2.28. The van der Waals surface area contributed by atoms with E-state index in [1.807, 2.05) is 6.92 Å². The fraction of sp³-hybridized carbons (Fsp3) is 0.462. The minimum absolute atomic E-state index is 0.202. The molecule has 0 saturated heterocycles. The molecule has 106 valence electrons. The van der Waals surface area contributed by atoms with Crippen molar-refractivity contribution in [3.63, 3.8) is 0 Å². The molecule has 0 heterocycles. The van der Waals surface area contributed by atoms with Crippen molar-refractivity contribution in [2.45, 2.75) is 25.9 Å². The topological polar surface area (TPSA) is 58.6 Å². The summed E-state index contributed by atoms with van der Waals surface area (Å²) in [5, 5.41) is 12.7. The highest BCUT2D eigenvalue weighted by Gasteiger charge is 2.14. The molecule has 0 spiro atoms. The average Bonchev–Trinajstić information content (AvgIpc) is 2.36. The van der Waals surface area contributed by atoms with Crippen LogP contribution in [0.1, 0.15) is 30.1 Å². The number of aliphatic hydroxyl groups is 1. The lowest BCUT2D eigenvalue weighted by Gasteiger charge is -2.12. The van der Waals surface area contributed by atoms with Crippen LogP contribution in [-0.4, -0.2) is 30.8 Å². The van der Waals surface area contributed by atoms with Crippen molar-refractivity contribution in [2.75, 3.05) is 13.7 Å². The summed E-state index contributed by atoms with van der Waals surface area (Å²) in [5.74, 6) is 0.00695. The van der Waals surface area contributed by atoms with Gasteiger partial charge in [-0.25, -0.2) is 0 Å². The van der Waals surface area contributed by atoms with Crippen LogP contribution < -0.4 is 10.1 Å². The summed E-state index contributed by atoms with van der Waals surface area (Å²) in [7, 11) is 1.45. The third-order valence-corrected chi connectivity index (χ3v) is 3.15. The number of benzene rings is 1. The van der Waals surface area contributed by atoms with E-state index in [1.54, 1.807) is 0 Å². The minimum Gasteiger partial charge on any atom is -0.494 e. The summed E-state index contributed by atoms with van der Waals surface area (Å²) >= 11 is 11.9. The molecule has 2 N–H and O–H groups in total. The summed E-state index contributed by atoms with van der Waals surface area (Å²) in [6, 6.07) is 2.96. The van der Waals surface area contributed by atoms with Gasteiger partial charge < -0.3 is 15.2 Å². The van der Waals surface area contributed by atoms with Crippen LogP contribution in [0.25, 0.3) is 0 Å². The zero-order chi connectivity index (χ0) is 14.4. The van der Waals surface area contributed by atoms with E-state index >= 15 is 0 Å². The van der Waals surface area contributed by atoms with Crippen molar-refractivity contribution in [3.05, 3.63) is 27.7 Å². The molecule has 4 nitrogen and oxygen atoms in total. The molecule has 1 unspecified atom stereocenters. The summed E-state index contributed by atoms with van der Waals surface area (Å²) in [6.45, 7) is 2.17. The van der Waals surface area contributed by atoms with Crippen molar-refractivity contribution >= 4 is 29.1 Å². The molecule has 0 aliphatic heterocycles. The summed E-state index contributed by atoms with van der Waals surface area (Å²) in [5.41, 5.74) is 0.333. The van der Waals surface area contributed by atoms with Gasteiger partial charge in [-0.1, -0.05) is 36.5 Å². The highest BCUT2D eigenvalue weighted by molar-refractivity contribution is 6.37. The molecule has 0 fully saturated rings. The predicted octanol–water partition coefficient (Wildman–Crippen LogP) is 2.89. The van der Waals surface area contributed by atoms with E-state index in [0.717, 1.165) is 6.42 Å². The predicted molar refractivity (Wildman–Crippen MR) is 76.3 cm³/mol. The molecule has 0 radical (unpaired) electrons. The highest BCUT2D eigenvalue weighted by Crippen LogP contribution is 2.33. The fourth-order valence-electron chi connectivity index (χ4n) is 1.63. The van der Waals surface area contributed by atoms with Gasteiger partial charge in [0.05, 0.1) is 23.3 Å². The number of hydrogen-bond donors (Lipinski definition) is 2. The molecule has 0 aliphatic carbocycles. The zero-order valence-electron chi connectivity index (χ0n) is 10.9. The van der Waals surface area contributed by atoms with E-state index in [0.29, 0.717) is 17.7 Å². The third-order valence-electron chi connectivity index (χ3n) is 2.58. The van der Waals surface area contributed by atoms with Crippen molar-refractivity contribution < 1.29 is 14.6 Å². The number of hydrogen-bond acceptors (Lipinski definition) is 3. The Labute approximate surface area is 122 Å². The number of nitrogens with one attached hydrogen (secondary N) is 1. The Hall–Kier alpha value is -0.970. The van der Waals surface area contributed by atoms with Crippen LogP contribution in [0.2, 0.25) is 10.0 Å². The van der Waals surface area contributed by atoms with Gasteiger partial charge in [-0.15, -0.1) is 0 Å². The molecule has 0 aromatic heterocycles. The SMILES string of the molecule is CCCC(O)CNC(=O)c1cc(Cl)c(OC)c(Cl)c1. The van der Waals surface area contributed by atoms with Crippen molar-refractivity contribution in [1.29, 1.82) is 0 Å². The standard InChI is InChI=1S/C13H17Cl2NO3/c1-3-4-9(17)7-16-13(18)8-5-10(14)12(19-2)11(15)6-8/h5-6,9,17H,3-4,7H2,1-2H3,(H,16,18). The van der Waals surface area contributed by atoms with E-state index in [4.69, 9.17) is 27.9 Å². The van der Waals surface area contributed by atoms with Crippen LogP contribution in [-0.2, 0) is 0 Å².